The second-order valence-electron chi connectivity index (χ2n) is 4.49. The minimum atomic E-state index is -3.52. The highest BCUT2D eigenvalue weighted by molar-refractivity contribution is 7.92. The van der Waals surface area contributed by atoms with Crippen molar-refractivity contribution in [1.29, 1.82) is 0 Å². The van der Waals surface area contributed by atoms with Crippen molar-refractivity contribution in [2.45, 2.75) is 6.92 Å². The van der Waals surface area contributed by atoms with Crippen molar-refractivity contribution in [3.63, 3.8) is 0 Å². The van der Waals surface area contributed by atoms with E-state index in [1.807, 2.05) is 0 Å². The predicted octanol–water partition coefficient (Wildman–Crippen LogP) is 1.93. The Kier molecular flexibility index (Phi) is 5.75. The Labute approximate surface area is 139 Å². The Morgan fingerprint density at radius 2 is 1.96 bits per heavy atom. The lowest BCUT2D eigenvalue weighted by atomic mass is 10.1. The molecule has 23 heavy (non-hydrogen) atoms. The lowest BCUT2D eigenvalue weighted by molar-refractivity contribution is 0.197. The van der Waals surface area contributed by atoms with Gasteiger partial charge in [-0.15, -0.1) is 0 Å². The van der Waals surface area contributed by atoms with E-state index in [-0.39, 0.29) is 30.7 Å². The summed E-state index contributed by atoms with van der Waals surface area (Å²) in [4.78, 5) is 8.02. The number of hydrogen-bond donors (Lipinski definition) is 2. The number of sulfonamides is 1. The molecule has 0 saturated carbocycles. The minimum absolute atomic E-state index is 0.0254. The van der Waals surface area contributed by atoms with Crippen LogP contribution in [0, 0.1) is 0 Å². The van der Waals surface area contributed by atoms with E-state index in [0.29, 0.717) is 16.1 Å². The van der Waals surface area contributed by atoms with Gasteiger partial charge in [-0.05, 0) is 24.6 Å². The van der Waals surface area contributed by atoms with E-state index in [4.69, 9.17) is 21.4 Å². The number of nitrogens with one attached hydrogen (secondary N) is 1. The predicted molar refractivity (Wildman–Crippen MR) is 88.1 cm³/mol. The van der Waals surface area contributed by atoms with Crippen molar-refractivity contribution < 1.29 is 18.3 Å². The first-order valence-electron chi connectivity index (χ1n) is 6.82. The van der Waals surface area contributed by atoms with Crippen molar-refractivity contribution in [2.24, 2.45) is 0 Å². The molecule has 2 aromatic rings. The van der Waals surface area contributed by atoms with Gasteiger partial charge in [-0.1, -0.05) is 23.7 Å². The maximum Gasteiger partial charge on any atom is 0.233 e. The van der Waals surface area contributed by atoms with Crippen molar-refractivity contribution in [3.8, 4) is 17.0 Å². The highest BCUT2D eigenvalue weighted by Gasteiger charge is 2.18. The molecular formula is C14H16ClN3O4S. The third kappa shape index (κ3) is 4.54. The summed E-state index contributed by atoms with van der Waals surface area (Å²) in [5, 5.41) is 9.46. The average Bonchev–Trinajstić information content (AvgIpc) is 2.54. The van der Waals surface area contributed by atoms with E-state index in [1.54, 1.807) is 24.3 Å². The molecular weight excluding hydrogens is 342 g/mol. The molecule has 2 N–H and O–H groups in total. The minimum Gasteiger partial charge on any atom is -0.475 e. The fraction of sp³-hybridized carbons (Fsp3) is 0.286. The molecule has 0 aliphatic carbocycles. The van der Waals surface area contributed by atoms with Gasteiger partial charge < -0.3 is 9.84 Å². The van der Waals surface area contributed by atoms with E-state index in [9.17, 15) is 8.42 Å². The molecule has 0 aliphatic rings. The summed E-state index contributed by atoms with van der Waals surface area (Å²) in [6, 6.07) is 6.74. The number of rotatable bonds is 7. The number of ether oxygens (including phenoxy) is 1. The molecule has 0 unspecified atom stereocenters. The van der Waals surface area contributed by atoms with Gasteiger partial charge >= 0.3 is 0 Å². The molecule has 9 heteroatoms. The van der Waals surface area contributed by atoms with Gasteiger partial charge in [0.2, 0.25) is 15.9 Å². The third-order valence-electron chi connectivity index (χ3n) is 2.91. The van der Waals surface area contributed by atoms with Crippen LogP contribution in [-0.4, -0.2) is 42.5 Å². The molecule has 0 aliphatic heterocycles. The van der Waals surface area contributed by atoms with E-state index in [1.165, 1.54) is 13.3 Å². The van der Waals surface area contributed by atoms with Gasteiger partial charge in [-0.2, -0.15) is 0 Å². The molecule has 0 spiro atoms. The first-order chi connectivity index (χ1) is 11.0. The van der Waals surface area contributed by atoms with Crippen LogP contribution in [0.25, 0.3) is 11.1 Å². The van der Waals surface area contributed by atoms with Gasteiger partial charge in [0, 0.05) is 5.02 Å². The van der Waals surface area contributed by atoms with Crippen molar-refractivity contribution in [3.05, 3.63) is 35.6 Å². The average molecular weight is 358 g/mol. The Morgan fingerprint density at radius 3 is 2.57 bits per heavy atom. The number of benzene rings is 1. The van der Waals surface area contributed by atoms with Gasteiger partial charge in [0.25, 0.3) is 0 Å². The highest BCUT2D eigenvalue weighted by atomic mass is 35.5. The zero-order chi connectivity index (χ0) is 16.9. The number of aliphatic hydroxyl groups excluding tert-OH is 1. The van der Waals surface area contributed by atoms with Crippen LogP contribution >= 0.6 is 11.6 Å². The second-order valence-corrected chi connectivity index (χ2v) is 6.93. The smallest absolute Gasteiger partial charge is 0.233 e. The summed E-state index contributed by atoms with van der Waals surface area (Å²) in [5.74, 6) is 0.187. The number of anilines is 1. The molecule has 0 fully saturated rings. The first-order valence-corrected chi connectivity index (χ1v) is 8.85. The number of aliphatic hydroxyl groups is 1. The molecule has 7 nitrogen and oxygen atoms in total. The molecule has 124 valence electrons. The lowest BCUT2D eigenvalue weighted by Crippen LogP contribution is -2.17. The summed E-state index contributed by atoms with van der Waals surface area (Å²) in [7, 11) is -3.52. The van der Waals surface area contributed by atoms with Crippen LogP contribution in [0.15, 0.2) is 30.6 Å². The van der Waals surface area contributed by atoms with Gasteiger partial charge in [0.1, 0.15) is 12.9 Å². The molecule has 1 aromatic carbocycles. The van der Waals surface area contributed by atoms with Gasteiger partial charge in [-0.3, -0.25) is 4.72 Å². The largest absolute Gasteiger partial charge is 0.475 e. The summed E-state index contributed by atoms with van der Waals surface area (Å²) >= 11 is 5.88. The normalized spacial score (nSPS) is 11.3. The summed E-state index contributed by atoms with van der Waals surface area (Å²) in [6.07, 6.45) is 1.19. The second kappa shape index (κ2) is 7.58. The maximum absolute atomic E-state index is 11.9. The maximum atomic E-state index is 11.9. The quantitative estimate of drug-likeness (QED) is 0.785. The summed E-state index contributed by atoms with van der Waals surface area (Å²) in [6.45, 7) is 1.35. The highest BCUT2D eigenvalue weighted by Crippen LogP contribution is 2.34. The number of halogens is 1. The van der Waals surface area contributed by atoms with Gasteiger partial charge in [0.05, 0.1) is 17.9 Å². The zero-order valence-corrected chi connectivity index (χ0v) is 13.9. The fourth-order valence-corrected chi connectivity index (χ4v) is 2.51. The summed E-state index contributed by atoms with van der Waals surface area (Å²) < 4.78 is 31.5. The van der Waals surface area contributed by atoms with Crippen LogP contribution in [0.2, 0.25) is 5.02 Å². The SMILES string of the molecule is CCS(=O)(=O)Nc1ncnc(OCCO)c1-c1ccc(Cl)cc1. The molecule has 0 radical (unpaired) electrons. The molecule has 1 heterocycles. The lowest BCUT2D eigenvalue weighted by Gasteiger charge is -2.14. The van der Waals surface area contributed by atoms with Gasteiger partial charge in [0.15, 0.2) is 5.82 Å². The van der Waals surface area contributed by atoms with Crippen molar-refractivity contribution >= 4 is 27.4 Å². The topological polar surface area (TPSA) is 101 Å². The van der Waals surface area contributed by atoms with E-state index in [0.717, 1.165) is 0 Å². The molecule has 0 bridgehead atoms. The first kappa shape index (κ1) is 17.5. The summed E-state index contributed by atoms with van der Waals surface area (Å²) in [5.41, 5.74) is 1.02. The molecule has 2 rings (SSSR count). The fourth-order valence-electron chi connectivity index (χ4n) is 1.79. The van der Waals surface area contributed by atoms with Crippen LogP contribution in [0.5, 0.6) is 5.88 Å². The number of nitrogens with zero attached hydrogens (tertiary/aromatic N) is 2. The monoisotopic (exact) mass is 357 g/mol. The third-order valence-corrected chi connectivity index (χ3v) is 4.42. The van der Waals surface area contributed by atoms with Gasteiger partial charge in [-0.25, -0.2) is 18.4 Å². The molecule has 0 amide bonds. The van der Waals surface area contributed by atoms with E-state index in [2.05, 4.69) is 14.7 Å². The van der Waals surface area contributed by atoms with Crippen LogP contribution < -0.4 is 9.46 Å². The Morgan fingerprint density at radius 1 is 1.26 bits per heavy atom. The Balaban J connectivity index is 2.55. The van der Waals surface area contributed by atoms with Crippen molar-refractivity contribution in [1.82, 2.24) is 9.97 Å². The molecule has 0 saturated heterocycles. The van der Waals surface area contributed by atoms with Crippen LogP contribution in [0.4, 0.5) is 5.82 Å². The molecule has 0 atom stereocenters. The van der Waals surface area contributed by atoms with E-state index < -0.39 is 10.0 Å². The van der Waals surface area contributed by atoms with E-state index >= 15 is 0 Å². The zero-order valence-electron chi connectivity index (χ0n) is 12.4. The van der Waals surface area contributed by atoms with Crippen LogP contribution in [-0.2, 0) is 10.0 Å². The molecule has 1 aromatic heterocycles. The Bertz CT molecular complexity index is 766. The van der Waals surface area contributed by atoms with Crippen molar-refractivity contribution in [2.75, 3.05) is 23.7 Å². The number of aromatic nitrogens is 2. The van der Waals surface area contributed by atoms with Crippen LogP contribution in [0.3, 0.4) is 0 Å². The standard InChI is InChI=1S/C14H16ClN3O4S/c1-2-23(20,21)18-13-12(10-3-5-11(15)6-4-10)14(17-9-16-13)22-8-7-19/h3-6,9,19H,2,7-8H2,1H3,(H,16,17,18). The Hall–Kier alpha value is -1.90. The number of hydrogen-bond acceptors (Lipinski definition) is 6. The van der Waals surface area contributed by atoms with Crippen LogP contribution in [0.1, 0.15) is 6.92 Å².